The summed E-state index contributed by atoms with van der Waals surface area (Å²) in [5.74, 6) is 0.949. The van der Waals surface area contributed by atoms with Crippen molar-refractivity contribution in [3.8, 4) is 0 Å². The van der Waals surface area contributed by atoms with Gasteiger partial charge < -0.3 is 5.32 Å². The zero-order chi connectivity index (χ0) is 13.1. The molecule has 0 aromatic heterocycles. The number of hydrogen-bond acceptors (Lipinski definition) is 1. The van der Waals surface area contributed by atoms with Crippen LogP contribution in [0.5, 0.6) is 0 Å². The van der Waals surface area contributed by atoms with Crippen molar-refractivity contribution in [2.75, 3.05) is 0 Å². The minimum absolute atomic E-state index is 0.0766. The third-order valence-electron chi connectivity index (χ3n) is 4.45. The van der Waals surface area contributed by atoms with E-state index in [0.29, 0.717) is 11.5 Å². The third kappa shape index (κ3) is 4.27. The first kappa shape index (κ1) is 15.0. The van der Waals surface area contributed by atoms with E-state index in [-0.39, 0.29) is 10.7 Å². The van der Waals surface area contributed by atoms with Gasteiger partial charge in [-0.25, -0.2) is 0 Å². The molecule has 1 N–H and O–H groups in total. The standard InChI is InChI=1S/C14H26BrNO/c1-5-14(3,4)11-6-8-12(9-7-11)16-13(17)10(2)15/h10-12H,5-9H2,1-4H3,(H,16,17). The Bertz CT molecular complexity index is 255. The van der Waals surface area contributed by atoms with Gasteiger partial charge in [-0.2, -0.15) is 0 Å². The number of rotatable bonds is 4. The molecule has 100 valence electrons. The Hall–Kier alpha value is -0.0500. The molecule has 0 saturated heterocycles. The largest absolute Gasteiger partial charge is 0.352 e. The van der Waals surface area contributed by atoms with Crippen molar-refractivity contribution in [3.05, 3.63) is 0 Å². The van der Waals surface area contributed by atoms with Crippen LogP contribution in [0.4, 0.5) is 0 Å². The van der Waals surface area contributed by atoms with E-state index >= 15 is 0 Å². The highest BCUT2D eigenvalue weighted by molar-refractivity contribution is 9.10. The number of amides is 1. The van der Waals surface area contributed by atoms with Crippen molar-refractivity contribution in [1.29, 1.82) is 0 Å². The van der Waals surface area contributed by atoms with Crippen LogP contribution in [0.1, 0.15) is 59.8 Å². The monoisotopic (exact) mass is 303 g/mol. The van der Waals surface area contributed by atoms with Gasteiger partial charge in [0.1, 0.15) is 0 Å². The average Bonchev–Trinajstić information content (AvgIpc) is 2.29. The number of nitrogens with one attached hydrogen (secondary N) is 1. The Balaban J connectivity index is 2.38. The van der Waals surface area contributed by atoms with Crippen molar-refractivity contribution < 1.29 is 4.79 Å². The van der Waals surface area contributed by atoms with E-state index in [0.717, 1.165) is 18.8 Å². The van der Waals surface area contributed by atoms with Gasteiger partial charge in [-0.15, -0.1) is 0 Å². The molecule has 3 heteroatoms. The third-order valence-corrected chi connectivity index (χ3v) is 4.87. The molecule has 1 aliphatic rings. The Morgan fingerprint density at radius 1 is 1.35 bits per heavy atom. The molecule has 0 heterocycles. The maximum atomic E-state index is 11.6. The molecule has 0 aromatic rings. The molecule has 0 spiro atoms. The highest BCUT2D eigenvalue weighted by atomic mass is 79.9. The summed E-state index contributed by atoms with van der Waals surface area (Å²) < 4.78 is 0. The highest BCUT2D eigenvalue weighted by Gasteiger charge is 2.32. The Morgan fingerprint density at radius 2 is 1.88 bits per heavy atom. The molecule has 0 aliphatic heterocycles. The molecular formula is C14H26BrNO. The van der Waals surface area contributed by atoms with Crippen LogP contribution in [0, 0.1) is 11.3 Å². The van der Waals surface area contributed by atoms with Crippen LogP contribution >= 0.6 is 15.9 Å². The second-order valence-electron chi connectivity index (χ2n) is 6.02. The lowest BCUT2D eigenvalue weighted by atomic mass is 9.69. The molecule has 2 nitrogen and oxygen atoms in total. The lowest BCUT2D eigenvalue weighted by molar-refractivity contribution is -0.121. The molecule has 1 saturated carbocycles. The summed E-state index contributed by atoms with van der Waals surface area (Å²) in [7, 11) is 0. The molecule has 1 atom stereocenters. The van der Waals surface area contributed by atoms with Gasteiger partial charge in [0.05, 0.1) is 4.83 Å². The molecule has 1 fully saturated rings. The maximum absolute atomic E-state index is 11.6. The van der Waals surface area contributed by atoms with Gasteiger partial charge >= 0.3 is 0 Å². The van der Waals surface area contributed by atoms with E-state index < -0.39 is 0 Å². The summed E-state index contributed by atoms with van der Waals surface area (Å²) in [6.07, 6.45) is 6.02. The Morgan fingerprint density at radius 3 is 2.29 bits per heavy atom. The minimum atomic E-state index is -0.0766. The fourth-order valence-electron chi connectivity index (χ4n) is 2.62. The first-order chi connectivity index (χ1) is 7.86. The molecule has 0 bridgehead atoms. The summed E-state index contributed by atoms with van der Waals surface area (Å²) >= 11 is 3.31. The van der Waals surface area contributed by atoms with E-state index in [2.05, 4.69) is 42.0 Å². The van der Waals surface area contributed by atoms with Crippen LogP contribution in [0.25, 0.3) is 0 Å². The van der Waals surface area contributed by atoms with Gasteiger partial charge in [-0.05, 0) is 43.9 Å². The first-order valence-corrected chi connectivity index (χ1v) is 7.73. The Labute approximate surface area is 114 Å². The predicted octanol–water partition coefficient (Wildman–Crippen LogP) is 3.88. The van der Waals surface area contributed by atoms with Crippen LogP contribution in [-0.4, -0.2) is 16.8 Å². The summed E-state index contributed by atoms with van der Waals surface area (Å²) in [6, 6.07) is 0.395. The number of carbonyl (C=O) groups excluding carboxylic acids is 1. The number of alkyl halides is 1. The normalized spacial score (nSPS) is 27.6. The van der Waals surface area contributed by atoms with Crippen molar-refractivity contribution >= 4 is 21.8 Å². The van der Waals surface area contributed by atoms with Crippen LogP contribution in [0.2, 0.25) is 0 Å². The van der Waals surface area contributed by atoms with Gasteiger partial charge in [0.15, 0.2) is 0 Å². The highest BCUT2D eigenvalue weighted by Crippen LogP contribution is 2.40. The molecule has 1 unspecified atom stereocenters. The maximum Gasteiger partial charge on any atom is 0.233 e. The van der Waals surface area contributed by atoms with E-state index in [9.17, 15) is 4.79 Å². The van der Waals surface area contributed by atoms with Gasteiger partial charge in [0.2, 0.25) is 5.91 Å². The topological polar surface area (TPSA) is 29.1 Å². The molecule has 1 amide bonds. The van der Waals surface area contributed by atoms with Crippen molar-refractivity contribution in [3.63, 3.8) is 0 Å². The molecular weight excluding hydrogens is 278 g/mol. The average molecular weight is 304 g/mol. The van der Waals surface area contributed by atoms with Crippen molar-refractivity contribution in [2.24, 2.45) is 11.3 Å². The van der Waals surface area contributed by atoms with Gasteiger partial charge in [0, 0.05) is 6.04 Å². The zero-order valence-electron chi connectivity index (χ0n) is 11.6. The summed E-state index contributed by atoms with van der Waals surface area (Å²) in [5, 5.41) is 3.12. The summed E-state index contributed by atoms with van der Waals surface area (Å²) in [4.78, 5) is 11.5. The van der Waals surface area contributed by atoms with Gasteiger partial charge in [0.25, 0.3) is 0 Å². The second kappa shape index (κ2) is 6.21. The van der Waals surface area contributed by atoms with E-state index in [1.165, 1.54) is 19.3 Å². The van der Waals surface area contributed by atoms with Gasteiger partial charge in [-0.3, -0.25) is 4.79 Å². The van der Waals surface area contributed by atoms with Gasteiger partial charge in [-0.1, -0.05) is 43.1 Å². The lowest BCUT2D eigenvalue weighted by Crippen LogP contribution is -2.42. The van der Waals surface area contributed by atoms with E-state index in [4.69, 9.17) is 0 Å². The SMILES string of the molecule is CCC(C)(C)C1CCC(NC(=O)C(C)Br)CC1. The summed E-state index contributed by atoms with van der Waals surface area (Å²) in [6.45, 7) is 8.90. The summed E-state index contributed by atoms with van der Waals surface area (Å²) in [5.41, 5.74) is 0.456. The van der Waals surface area contributed by atoms with Crippen LogP contribution < -0.4 is 5.32 Å². The Kier molecular flexibility index (Phi) is 5.49. The number of hydrogen-bond donors (Lipinski definition) is 1. The van der Waals surface area contributed by atoms with Crippen LogP contribution in [0.3, 0.4) is 0 Å². The smallest absolute Gasteiger partial charge is 0.233 e. The predicted molar refractivity (Wildman–Crippen MR) is 76.3 cm³/mol. The molecule has 1 aliphatic carbocycles. The number of carbonyl (C=O) groups is 1. The molecule has 0 radical (unpaired) electrons. The zero-order valence-corrected chi connectivity index (χ0v) is 13.1. The van der Waals surface area contributed by atoms with Crippen LogP contribution in [0.15, 0.2) is 0 Å². The van der Waals surface area contributed by atoms with Crippen molar-refractivity contribution in [1.82, 2.24) is 5.32 Å². The lowest BCUT2D eigenvalue weighted by Gasteiger charge is -2.39. The van der Waals surface area contributed by atoms with E-state index in [1.807, 2.05) is 6.92 Å². The molecule has 0 aromatic carbocycles. The minimum Gasteiger partial charge on any atom is -0.352 e. The fraction of sp³-hybridized carbons (Fsp3) is 0.929. The van der Waals surface area contributed by atoms with E-state index in [1.54, 1.807) is 0 Å². The van der Waals surface area contributed by atoms with Crippen molar-refractivity contribution in [2.45, 2.75) is 70.7 Å². The molecule has 1 rings (SSSR count). The van der Waals surface area contributed by atoms with Crippen LogP contribution in [-0.2, 0) is 4.79 Å². The quantitative estimate of drug-likeness (QED) is 0.785. The molecule has 17 heavy (non-hydrogen) atoms. The second-order valence-corrected chi connectivity index (χ2v) is 7.39. The fourth-order valence-corrected chi connectivity index (χ4v) is 2.76. The number of halogens is 1. The first-order valence-electron chi connectivity index (χ1n) is 6.81.